The number of aromatic nitrogens is 4. The number of hydrazine groups is 1. The average Bonchev–Trinajstić information content (AvgIpc) is 3.35. The first kappa shape index (κ1) is 23.3. The molecule has 4 rings (SSSR count). The Kier molecular flexibility index (Phi) is 6.51. The van der Waals surface area contributed by atoms with Gasteiger partial charge in [0.05, 0.1) is 16.8 Å². The van der Waals surface area contributed by atoms with Crippen molar-refractivity contribution in [1.29, 1.82) is 0 Å². The van der Waals surface area contributed by atoms with E-state index in [0.29, 0.717) is 5.52 Å². The Balaban J connectivity index is 1.68. The predicted molar refractivity (Wildman–Crippen MR) is 120 cm³/mol. The van der Waals surface area contributed by atoms with Crippen molar-refractivity contribution in [1.82, 2.24) is 30.0 Å². The third-order valence-electron chi connectivity index (χ3n) is 4.60. The predicted octanol–water partition coefficient (Wildman–Crippen LogP) is 0.567. The van der Waals surface area contributed by atoms with Crippen LogP contribution in [0.4, 0.5) is 0 Å². The van der Waals surface area contributed by atoms with Crippen LogP contribution >= 0.6 is 11.3 Å². The molecule has 0 aliphatic rings. The molecule has 0 amide bonds. The first-order valence-electron chi connectivity index (χ1n) is 9.28. The molecule has 0 radical (unpaired) electrons. The maximum Gasteiger partial charge on any atom is 0.250 e. The van der Waals surface area contributed by atoms with Crippen LogP contribution in [0, 0.1) is 0 Å². The van der Waals surface area contributed by atoms with Crippen molar-refractivity contribution in [2.75, 3.05) is 6.26 Å². The number of hydrogen-bond acceptors (Lipinski definition) is 11. The first-order chi connectivity index (χ1) is 15.6. The Labute approximate surface area is 194 Å². The van der Waals surface area contributed by atoms with Crippen molar-refractivity contribution in [3.8, 4) is 11.1 Å². The summed E-state index contributed by atoms with van der Waals surface area (Å²) in [5.74, 6) is -0.186. The first-order valence-corrected chi connectivity index (χ1v) is 13.1. The smallest absolute Gasteiger partial charge is 0.250 e. The normalized spacial score (nSPS) is 13.9. The summed E-state index contributed by atoms with van der Waals surface area (Å²) in [5.41, 5.74) is 4.23. The van der Waals surface area contributed by atoms with Crippen LogP contribution in [0.5, 0.6) is 0 Å². The van der Waals surface area contributed by atoms with E-state index in [0.717, 1.165) is 22.1 Å². The monoisotopic (exact) mass is 509 g/mol. The summed E-state index contributed by atoms with van der Waals surface area (Å²) in [7, 11) is -2.08. The molecule has 0 spiro atoms. The zero-order valence-electron chi connectivity index (χ0n) is 17.2. The second kappa shape index (κ2) is 9.20. The fraction of sp³-hybridized carbons (Fsp3) is 0.222. The van der Waals surface area contributed by atoms with Crippen LogP contribution in [0.25, 0.3) is 21.3 Å². The van der Waals surface area contributed by atoms with Crippen LogP contribution in [0.3, 0.4) is 0 Å². The van der Waals surface area contributed by atoms with Gasteiger partial charge in [0.2, 0.25) is 11.8 Å². The van der Waals surface area contributed by atoms with Gasteiger partial charge in [0.25, 0.3) is 5.56 Å². The van der Waals surface area contributed by atoms with Crippen LogP contribution in [-0.2, 0) is 34.7 Å². The van der Waals surface area contributed by atoms with Crippen molar-refractivity contribution < 1.29 is 21.6 Å². The second-order valence-corrected chi connectivity index (χ2v) is 10.9. The number of aryl methyl sites for hydroxylation is 1. The highest BCUT2D eigenvalue weighted by Crippen LogP contribution is 2.36. The SMILES string of the molecule is Cn1ccc(-c2ccc3sc(C(c4nnc(CNNS(=O)[O-])o4)S(C)(=O)=O)nc3c2)cc1=O. The summed E-state index contributed by atoms with van der Waals surface area (Å²) >= 11 is -1.36. The molecular formula is C18H17N6O6S3-. The topological polar surface area (TPSA) is 172 Å². The van der Waals surface area contributed by atoms with Crippen LogP contribution in [0.15, 0.2) is 45.7 Å². The molecule has 2 unspecified atom stereocenters. The number of pyridine rings is 1. The molecule has 33 heavy (non-hydrogen) atoms. The Morgan fingerprint density at radius 1 is 1.24 bits per heavy atom. The molecule has 15 heteroatoms. The van der Waals surface area contributed by atoms with Crippen molar-refractivity contribution in [3.05, 3.63) is 63.7 Å². The molecule has 174 valence electrons. The van der Waals surface area contributed by atoms with Crippen molar-refractivity contribution in [2.45, 2.75) is 11.8 Å². The summed E-state index contributed by atoms with van der Waals surface area (Å²) in [6.07, 6.45) is 2.71. The second-order valence-electron chi connectivity index (χ2n) is 7.03. The van der Waals surface area contributed by atoms with Gasteiger partial charge in [-0.2, -0.15) is 4.83 Å². The molecule has 12 nitrogen and oxygen atoms in total. The summed E-state index contributed by atoms with van der Waals surface area (Å²) in [6, 6.07) is 8.74. The molecule has 3 aromatic heterocycles. The number of hydrogen-bond donors (Lipinski definition) is 2. The van der Waals surface area contributed by atoms with Crippen molar-refractivity contribution >= 4 is 42.7 Å². The minimum atomic E-state index is -3.74. The van der Waals surface area contributed by atoms with Gasteiger partial charge < -0.3 is 13.5 Å². The number of sulfone groups is 1. The molecular weight excluding hydrogens is 492 g/mol. The van der Waals surface area contributed by atoms with E-state index in [2.05, 4.69) is 20.6 Å². The lowest BCUT2D eigenvalue weighted by Gasteiger charge is -2.08. The molecule has 0 saturated carbocycles. The summed E-state index contributed by atoms with van der Waals surface area (Å²) in [5, 5.41) is 6.54. The molecule has 4 aromatic rings. The van der Waals surface area contributed by atoms with E-state index >= 15 is 0 Å². The fourth-order valence-corrected chi connectivity index (χ4v) is 5.71. The molecule has 3 heterocycles. The van der Waals surface area contributed by atoms with E-state index in [1.165, 1.54) is 22.0 Å². The maximum atomic E-state index is 12.6. The Morgan fingerprint density at radius 3 is 2.70 bits per heavy atom. The molecule has 2 N–H and O–H groups in total. The van der Waals surface area contributed by atoms with E-state index in [9.17, 15) is 22.0 Å². The third-order valence-corrected chi connectivity index (χ3v) is 7.44. The molecule has 0 aliphatic carbocycles. The van der Waals surface area contributed by atoms with Crippen LogP contribution in [0.2, 0.25) is 0 Å². The lowest BCUT2D eigenvalue weighted by atomic mass is 10.1. The van der Waals surface area contributed by atoms with Gasteiger partial charge in [0.1, 0.15) is 5.01 Å². The Morgan fingerprint density at radius 2 is 2.00 bits per heavy atom. The summed E-state index contributed by atoms with van der Waals surface area (Å²) in [6.45, 7) is -0.142. The molecule has 0 fully saturated rings. The van der Waals surface area contributed by atoms with Gasteiger partial charge in [-0.15, -0.1) is 21.5 Å². The van der Waals surface area contributed by atoms with E-state index < -0.39 is 26.4 Å². The molecule has 0 saturated heterocycles. The number of fused-ring (bicyclic) bond motifs is 1. The van der Waals surface area contributed by atoms with Gasteiger partial charge in [0.15, 0.2) is 15.1 Å². The van der Waals surface area contributed by atoms with Gasteiger partial charge in [-0.1, -0.05) is 6.07 Å². The quantitative estimate of drug-likeness (QED) is 0.252. The molecule has 2 atom stereocenters. The zero-order valence-corrected chi connectivity index (χ0v) is 19.7. The molecule has 0 aliphatic heterocycles. The maximum absolute atomic E-state index is 12.6. The van der Waals surface area contributed by atoms with Gasteiger partial charge >= 0.3 is 0 Å². The zero-order chi connectivity index (χ0) is 23.8. The van der Waals surface area contributed by atoms with Crippen LogP contribution in [-0.4, -0.2) is 43.2 Å². The summed E-state index contributed by atoms with van der Waals surface area (Å²) < 4.78 is 53.8. The number of thiazole rings is 1. The number of rotatable bonds is 8. The summed E-state index contributed by atoms with van der Waals surface area (Å²) in [4.78, 5) is 18.4. The fourth-order valence-electron chi connectivity index (χ4n) is 3.05. The van der Waals surface area contributed by atoms with Gasteiger partial charge in [0, 0.05) is 36.8 Å². The Hall–Kier alpha value is -2.82. The lowest BCUT2D eigenvalue weighted by molar-refractivity contribution is 0.424. The number of nitrogens with zero attached hydrogens (tertiary/aromatic N) is 4. The van der Waals surface area contributed by atoms with Gasteiger partial charge in [-0.25, -0.2) is 18.8 Å². The van der Waals surface area contributed by atoms with Crippen LogP contribution < -0.4 is 15.8 Å². The van der Waals surface area contributed by atoms with Crippen molar-refractivity contribution in [2.24, 2.45) is 7.05 Å². The highest BCUT2D eigenvalue weighted by molar-refractivity contribution is 7.91. The highest BCUT2D eigenvalue weighted by atomic mass is 32.2. The Bertz CT molecular complexity index is 1510. The number of nitrogens with one attached hydrogen (secondary N) is 2. The average molecular weight is 510 g/mol. The van der Waals surface area contributed by atoms with Crippen molar-refractivity contribution in [3.63, 3.8) is 0 Å². The standard InChI is InChI=1S/C18H18N6O6S3/c1-24-6-5-11(8-15(24)25)10-3-4-13-12(7-10)20-18(31-13)16(33(2,28)29)17-22-21-14(30-17)9-19-23-32(26)27/h3-8,16,19,23H,9H2,1-2H3,(H,26,27)/p-1. The van der Waals surface area contributed by atoms with E-state index in [1.807, 2.05) is 10.9 Å². The van der Waals surface area contributed by atoms with E-state index in [4.69, 9.17) is 4.42 Å². The van der Waals surface area contributed by atoms with Crippen LogP contribution in [0.1, 0.15) is 22.0 Å². The van der Waals surface area contributed by atoms with E-state index in [-0.39, 0.29) is 28.9 Å². The minimum Gasteiger partial charge on any atom is -0.759 e. The van der Waals surface area contributed by atoms with Gasteiger partial charge in [-0.3, -0.25) is 9.00 Å². The lowest BCUT2D eigenvalue weighted by Crippen LogP contribution is -2.32. The molecule has 1 aromatic carbocycles. The van der Waals surface area contributed by atoms with Gasteiger partial charge in [-0.05, 0) is 29.3 Å². The third kappa shape index (κ3) is 5.23. The minimum absolute atomic E-state index is 0.00865. The van der Waals surface area contributed by atoms with E-state index in [1.54, 1.807) is 31.4 Å². The number of benzene rings is 1. The molecule has 0 bridgehead atoms. The largest absolute Gasteiger partial charge is 0.759 e. The highest BCUT2D eigenvalue weighted by Gasteiger charge is 2.33.